The first kappa shape index (κ1) is 100. The summed E-state index contributed by atoms with van der Waals surface area (Å²) in [5.74, 6) is -1.38. The number of hydrogen-bond acceptors (Lipinski definition) is 15. The molecule has 0 aromatic heterocycles. The van der Waals surface area contributed by atoms with Crippen LogP contribution in [-0.2, 0) is 65.4 Å². The Bertz CT molecular complexity index is 1940. The molecule has 0 radical (unpaired) electrons. The zero-order valence-electron chi connectivity index (χ0n) is 66.8. The minimum Gasteiger partial charge on any atom is -0.462 e. The molecule has 19 heteroatoms. The Kier molecular flexibility index (Phi) is 74.4. The molecule has 0 heterocycles. The number of carbonyl (C=O) groups is 4. The van der Waals surface area contributed by atoms with E-state index in [1.165, 1.54) is 270 Å². The van der Waals surface area contributed by atoms with E-state index in [1.807, 2.05) is 0 Å². The maximum atomic E-state index is 13.1. The number of aliphatic hydroxyl groups is 1. The van der Waals surface area contributed by atoms with Gasteiger partial charge in [-0.15, -0.1) is 0 Å². The Labute approximate surface area is 626 Å². The molecule has 0 rings (SSSR count). The summed E-state index contributed by atoms with van der Waals surface area (Å²) in [6.07, 6.45) is 68.1. The molecule has 3 N–H and O–H groups in total. The van der Waals surface area contributed by atoms with Crippen LogP contribution in [0.4, 0.5) is 0 Å². The molecule has 0 aliphatic carbocycles. The third-order valence-electron chi connectivity index (χ3n) is 19.5. The number of unbranched alkanes of at least 4 members (excludes halogenated alkanes) is 55. The van der Waals surface area contributed by atoms with Crippen molar-refractivity contribution < 1.29 is 80.2 Å². The highest BCUT2D eigenvalue weighted by Crippen LogP contribution is 2.45. The van der Waals surface area contributed by atoms with Gasteiger partial charge in [0.05, 0.1) is 26.4 Å². The normalized spacial score (nSPS) is 13.8. The van der Waals surface area contributed by atoms with Gasteiger partial charge >= 0.3 is 39.5 Å². The van der Waals surface area contributed by atoms with Gasteiger partial charge in [-0.3, -0.25) is 37.3 Å². The van der Waals surface area contributed by atoms with E-state index in [0.717, 1.165) is 95.8 Å². The summed E-state index contributed by atoms with van der Waals surface area (Å²) in [4.78, 5) is 73.1. The van der Waals surface area contributed by atoms with Gasteiger partial charge in [-0.1, -0.05) is 394 Å². The Morgan fingerprint density at radius 3 is 0.667 bits per heavy atom. The van der Waals surface area contributed by atoms with Crippen molar-refractivity contribution in [3.8, 4) is 0 Å². The topological polar surface area (TPSA) is 237 Å². The molecule has 17 nitrogen and oxygen atoms in total. The van der Waals surface area contributed by atoms with Crippen molar-refractivity contribution in [2.24, 2.45) is 5.92 Å². The van der Waals surface area contributed by atoms with Crippen LogP contribution in [0.25, 0.3) is 0 Å². The van der Waals surface area contributed by atoms with Crippen molar-refractivity contribution in [1.29, 1.82) is 0 Å². The summed E-state index contributed by atoms with van der Waals surface area (Å²) in [6, 6.07) is 0. The molecular formula is C83H162O17P2. The summed E-state index contributed by atoms with van der Waals surface area (Å²) in [5.41, 5.74) is 0. The second-order valence-electron chi connectivity index (χ2n) is 30.3. The molecule has 5 atom stereocenters. The predicted molar refractivity (Wildman–Crippen MR) is 418 cm³/mol. The van der Waals surface area contributed by atoms with Crippen molar-refractivity contribution >= 4 is 39.5 Å². The van der Waals surface area contributed by atoms with Crippen LogP contribution >= 0.6 is 15.6 Å². The maximum absolute atomic E-state index is 13.1. The highest BCUT2D eigenvalue weighted by Gasteiger charge is 2.30. The van der Waals surface area contributed by atoms with Crippen LogP contribution < -0.4 is 0 Å². The minimum absolute atomic E-state index is 0.108. The number of ether oxygens (including phenoxy) is 4. The van der Waals surface area contributed by atoms with Gasteiger partial charge in [0.2, 0.25) is 0 Å². The lowest BCUT2D eigenvalue weighted by Gasteiger charge is -2.21. The van der Waals surface area contributed by atoms with E-state index in [2.05, 4.69) is 34.6 Å². The summed E-state index contributed by atoms with van der Waals surface area (Å²) >= 11 is 0. The number of rotatable bonds is 83. The fraction of sp³-hybridized carbons (Fsp3) is 0.952. The molecule has 0 fully saturated rings. The molecule has 0 saturated heterocycles. The van der Waals surface area contributed by atoms with Crippen LogP contribution in [0.5, 0.6) is 0 Å². The molecule has 0 aliphatic rings. The minimum atomic E-state index is -4.96. The quantitative estimate of drug-likeness (QED) is 0.0222. The van der Waals surface area contributed by atoms with E-state index in [4.69, 9.17) is 37.0 Å². The summed E-state index contributed by atoms with van der Waals surface area (Å²) in [5, 5.41) is 10.7. The van der Waals surface area contributed by atoms with Crippen molar-refractivity contribution in [1.82, 2.24) is 0 Å². The second kappa shape index (κ2) is 75.9. The highest BCUT2D eigenvalue weighted by atomic mass is 31.2. The fourth-order valence-electron chi connectivity index (χ4n) is 12.9. The van der Waals surface area contributed by atoms with Gasteiger partial charge in [0.15, 0.2) is 12.2 Å². The summed E-state index contributed by atoms with van der Waals surface area (Å²) < 4.78 is 68.8. The lowest BCUT2D eigenvalue weighted by atomic mass is 10.0. The van der Waals surface area contributed by atoms with Gasteiger partial charge in [-0.25, -0.2) is 9.13 Å². The first-order chi connectivity index (χ1) is 49.5. The SMILES string of the molecule is CCCCCCCCCCCCCCCCCCCCCCCCC(=O)O[C@H](COC(=O)CCCCCCCCCCCCCCCCC)COP(=O)(O)OC[C@@H](O)COP(=O)(O)OC[C@@H](COC(=O)CCCCCCCCCCC(C)C)OC(=O)CCCCCCCCCCCCCCCC. The number of carbonyl (C=O) groups excluding carboxylic acids is 4. The average Bonchev–Trinajstić information content (AvgIpc) is 0.915. The Balaban J connectivity index is 5.22. The fourth-order valence-corrected chi connectivity index (χ4v) is 14.5. The van der Waals surface area contributed by atoms with Gasteiger partial charge in [0.25, 0.3) is 0 Å². The Morgan fingerprint density at radius 1 is 0.265 bits per heavy atom. The third kappa shape index (κ3) is 76.3. The first-order valence-corrected chi connectivity index (χ1v) is 46.1. The van der Waals surface area contributed by atoms with Gasteiger partial charge in [0.1, 0.15) is 19.3 Å². The summed E-state index contributed by atoms with van der Waals surface area (Å²) in [6.45, 7) is 7.31. The lowest BCUT2D eigenvalue weighted by molar-refractivity contribution is -0.161. The number of phosphoric ester groups is 2. The molecule has 0 aromatic carbocycles. The second-order valence-corrected chi connectivity index (χ2v) is 33.3. The number of phosphoric acid groups is 2. The summed E-state index contributed by atoms with van der Waals surface area (Å²) in [7, 11) is -9.92. The number of hydrogen-bond donors (Lipinski definition) is 3. The van der Waals surface area contributed by atoms with Crippen LogP contribution in [0.1, 0.15) is 446 Å². The monoisotopic (exact) mass is 1490 g/mol. The maximum Gasteiger partial charge on any atom is 0.472 e. The highest BCUT2D eigenvalue weighted by molar-refractivity contribution is 7.47. The molecule has 606 valence electrons. The van der Waals surface area contributed by atoms with Crippen molar-refractivity contribution in [2.45, 2.75) is 464 Å². The van der Waals surface area contributed by atoms with Crippen LogP contribution in [-0.4, -0.2) is 96.7 Å². The molecule has 0 bridgehead atoms. The van der Waals surface area contributed by atoms with E-state index >= 15 is 0 Å². The predicted octanol–water partition coefficient (Wildman–Crippen LogP) is 25.2. The zero-order valence-corrected chi connectivity index (χ0v) is 68.5. The molecule has 0 aliphatic heterocycles. The molecule has 2 unspecified atom stereocenters. The lowest BCUT2D eigenvalue weighted by Crippen LogP contribution is -2.30. The average molecular weight is 1490 g/mol. The van der Waals surface area contributed by atoms with Crippen molar-refractivity contribution in [2.75, 3.05) is 39.6 Å². The third-order valence-corrected chi connectivity index (χ3v) is 21.4. The molecular weight excluding hydrogens is 1330 g/mol. The van der Waals surface area contributed by atoms with Crippen LogP contribution in [0.2, 0.25) is 0 Å². The Morgan fingerprint density at radius 2 is 0.451 bits per heavy atom. The first-order valence-electron chi connectivity index (χ1n) is 43.1. The van der Waals surface area contributed by atoms with Gasteiger partial charge in [-0.2, -0.15) is 0 Å². The van der Waals surface area contributed by atoms with Crippen LogP contribution in [0.15, 0.2) is 0 Å². The Hall–Kier alpha value is -1.94. The molecule has 102 heavy (non-hydrogen) atoms. The smallest absolute Gasteiger partial charge is 0.462 e. The van der Waals surface area contributed by atoms with Crippen LogP contribution in [0, 0.1) is 5.92 Å². The van der Waals surface area contributed by atoms with E-state index in [-0.39, 0.29) is 25.7 Å². The van der Waals surface area contributed by atoms with E-state index in [9.17, 15) is 43.2 Å². The number of esters is 4. The number of aliphatic hydroxyl groups excluding tert-OH is 1. The molecule has 0 saturated carbocycles. The largest absolute Gasteiger partial charge is 0.472 e. The van der Waals surface area contributed by atoms with Gasteiger partial charge in [-0.05, 0) is 31.6 Å². The van der Waals surface area contributed by atoms with Gasteiger partial charge < -0.3 is 33.8 Å². The molecule has 0 amide bonds. The van der Waals surface area contributed by atoms with E-state index in [0.29, 0.717) is 25.7 Å². The molecule has 0 aromatic rings. The van der Waals surface area contributed by atoms with Crippen molar-refractivity contribution in [3.05, 3.63) is 0 Å². The zero-order chi connectivity index (χ0) is 74.8. The van der Waals surface area contributed by atoms with Crippen LogP contribution in [0.3, 0.4) is 0 Å². The van der Waals surface area contributed by atoms with E-state index < -0.39 is 97.5 Å². The van der Waals surface area contributed by atoms with Gasteiger partial charge in [0, 0.05) is 25.7 Å². The van der Waals surface area contributed by atoms with Crippen molar-refractivity contribution in [3.63, 3.8) is 0 Å². The van der Waals surface area contributed by atoms with E-state index in [1.54, 1.807) is 0 Å². The molecule has 0 spiro atoms. The standard InChI is InChI=1S/C83H162O17P2/c1-6-9-12-15-18-21-24-27-30-31-32-33-34-35-36-38-41-44-47-54-59-64-69-83(88)99-78(72-93-80(85)66-61-56-51-45-42-40-37-28-25-22-19-16-13-10-7-2)74-97-101(89,90)95-70-77(84)71-96-102(91,92)98-75-79(73-94-81(86)67-62-57-52-49-48-50-55-60-65-76(4)5)100-82(87)68-63-58-53-46-43-39-29-26-23-20-17-14-11-8-3/h76-79,84H,6-75H2,1-5H3,(H,89,90)(H,91,92)/t77-,78-,79-/m1/s1.